The van der Waals surface area contributed by atoms with Crippen LogP contribution in [0.1, 0.15) is 22.3 Å². The smallest absolute Gasteiger partial charge is 0.238 e. The summed E-state index contributed by atoms with van der Waals surface area (Å²) in [5, 5.41) is 2.77. The number of hydrogen-bond acceptors (Lipinski definition) is 2. The van der Waals surface area contributed by atoms with E-state index in [4.69, 9.17) is 0 Å². The topological polar surface area (TPSA) is 32.3 Å². The van der Waals surface area contributed by atoms with E-state index < -0.39 is 0 Å². The van der Waals surface area contributed by atoms with Crippen LogP contribution in [0.25, 0.3) is 0 Å². The van der Waals surface area contributed by atoms with Crippen LogP contribution in [0.15, 0.2) is 36.4 Å². The fourth-order valence-corrected chi connectivity index (χ4v) is 2.53. The van der Waals surface area contributed by atoms with Gasteiger partial charge in [-0.25, -0.2) is 4.39 Å². The van der Waals surface area contributed by atoms with Gasteiger partial charge in [-0.2, -0.15) is 0 Å². The van der Waals surface area contributed by atoms with Gasteiger partial charge in [0.15, 0.2) is 0 Å². The second kappa shape index (κ2) is 7.38. The zero-order valence-corrected chi connectivity index (χ0v) is 14.1. The molecule has 0 aromatic heterocycles. The van der Waals surface area contributed by atoms with E-state index in [0.29, 0.717) is 12.2 Å². The second-order valence-electron chi connectivity index (χ2n) is 6.11. The summed E-state index contributed by atoms with van der Waals surface area (Å²) < 4.78 is 13.3. The third-order valence-corrected chi connectivity index (χ3v) is 3.83. The Balaban J connectivity index is 1.95. The number of hydrogen-bond donors (Lipinski definition) is 1. The first kappa shape index (κ1) is 17.2. The molecular formula is C19H23FN2O. The Morgan fingerprint density at radius 3 is 2.52 bits per heavy atom. The number of aryl methyl sites for hydroxylation is 3. The highest BCUT2D eigenvalue weighted by Gasteiger charge is 2.10. The number of carbonyl (C=O) groups is 1. The molecule has 3 nitrogen and oxygen atoms in total. The summed E-state index contributed by atoms with van der Waals surface area (Å²) in [5.41, 5.74) is 5.02. The average molecular weight is 314 g/mol. The SMILES string of the molecule is Cc1ccc(CN(C)CC(=O)Nc2cc(F)ccc2C)c(C)c1. The van der Waals surface area contributed by atoms with Crippen LogP contribution in [0.2, 0.25) is 0 Å². The summed E-state index contributed by atoms with van der Waals surface area (Å²) in [6, 6.07) is 10.7. The molecule has 0 fully saturated rings. The molecular weight excluding hydrogens is 291 g/mol. The van der Waals surface area contributed by atoms with Crippen LogP contribution in [0.4, 0.5) is 10.1 Å². The van der Waals surface area contributed by atoms with Crippen molar-refractivity contribution in [3.05, 3.63) is 64.5 Å². The lowest BCUT2D eigenvalue weighted by atomic mass is 10.1. The lowest BCUT2D eigenvalue weighted by Crippen LogP contribution is -2.30. The Labute approximate surface area is 137 Å². The van der Waals surface area contributed by atoms with Crippen LogP contribution in [-0.4, -0.2) is 24.4 Å². The minimum atomic E-state index is -0.352. The Morgan fingerprint density at radius 2 is 1.83 bits per heavy atom. The van der Waals surface area contributed by atoms with E-state index in [1.54, 1.807) is 6.07 Å². The van der Waals surface area contributed by atoms with Crippen LogP contribution in [0.5, 0.6) is 0 Å². The molecule has 0 saturated heterocycles. The van der Waals surface area contributed by atoms with Crippen LogP contribution >= 0.6 is 0 Å². The second-order valence-corrected chi connectivity index (χ2v) is 6.11. The summed E-state index contributed by atoms with van der Waals surface area (Å²) in [7, 11) is 1.90. The lowest BCUT2D eigenvalue weighted by molar-refractivity contribution is -0.117. The van der Waals surface area contributed by atoms with Gasteiger partial charge in [-0.1, -0.05) is 29.8 Å². The van der Waals surface area contributed by atoms with Gasteiger partial charge in [0.1, 0.15) is 5.82 Å². The Bertz CT molecular complexity index is 713. The number of halogens is 1. The van der Waals surface area contributed by atoms with Gasteiger partial charge in [0.2, 0.25) is 5.91 Å². The van der Waals surface area contributed by atoms with Crippen molar-refractivity contribution < 1.29 is 9.18 Å². The van der Waals surface area contributed by atoms with Crippen molar-refractivity contribution in [2.45, 2.75) is 27.3 Å². The Hall–Kier alpha value is -2.20. The highest BCUT2D eigenvalue weighted by Crippen LogP contribution is 2.16. The predicted octanol–water partition coefficient (Wildman–Crippen LogP) is 3.82. The molecule has 0 saturated carbocycles. The van der Waals surface area contributed by atoms with Crippen LogP contribution in [0.3, 0.4) is 0 Å². The molecule has 2 aromatic rings. The van der Waals surface area contributed by atoms with Crippen molar-refractivity contribution in [1.29, 1.82) is 0 Å². The maximum atomic E-state index is 13.3. The molecule has 0 aliphatic rings. The van der Waals surface area contributed by atoms with Gasteiger partial charge >= 0.3 is 0 Å². The standard InChI is InChI=1S/C19H23FN2O/c1-13-5-7-16(15(3)9-13)11-22(4)12-19(23)21-18-10-17(20)8-6-14(18)2/h5-10H,11-12H2,1-4H3,(H,21,23). The van der Waals surface area contributed by atoms with Crippen molar-refractivity contribution in [3.63, 3.8) is 0 Å². The van der Waals surface area contributed by atoms with Gasteiger partial charge in [0.05, 0.1) is 6.54 Å². The van der Waals surface area contributed by atoms with E-state index in [2.05, 4.69) is 37.4 Å². The molecule has 0 heterocycles. The molecule has 2 aromatic carbocycles. The zero-order chi connectivity index (χ0) is 17.0. The highest BCUT2D eigenvalue weighted by atomic mass is 19.1. The Kier molecular flexibility index (Phi) is 5.50. The number of likely N-dealkylation sites (N-methyl/N-ethyl adjacent to an activating group) is 1. The number of nitrogens with zero attached hydrogens (tertiary/aromatic N) is 1. The maximum absolute atomic E-state index is 13.3. The summed E-state index contributed by atoms with van der Waals surface area (Å²) in [6.45, 7) is 6.93. The van der Waals surface area contributed by atoms with Gasteiger partial charge in [-0.15, -0.1) is 0 Å². The predicted molar refractivity (Wildman–Crippen MR) is 92.0 cm³/mol. The molecule has 1 N–H and O–H groups in total. The third kappa shape index (κ3) is 4.89. The van der Waals surface area contributed by atoms with E-state index in [0.717, 1.165) is 5.56 Å². The van der Waals surface area contributed by atoms with Gasteiger partial charge < -0.3 is 5.32 Å². The molecule has 23 heavy (non-hydrogen) atoms. The van der Waals surface area contributed by atoms with Gasteiger partial charge in [0.25, 0.3) is 0 Å². The molecule has 4 heteroatoms. The quantitative estimate of drug-likeness (QED) is 0.910. The first-order valence-electron chi connectivity index (χ1n) is 7.66. The summed E-state index contributed by atoms with van der Waals surface area (Å²) in [4.78, 5) is 14.1. The number of anilines is 1. The van der Waals surface area contributed by atoms with Crippen LogP contribution < -0.4 is 5.32 Å². The van der Waals surface area contributed by atoms with Crippen molar-refractivity contribution in [2.24, 2.45) is 0 Å². The molecule has 1 amide bonds. The maximum Gasteiger partial charge on any atom is 0.238 e. The average Bonchev–Trinajstić information content (AvgIpc) is 2.46. The highest BCUT2D eigenvalue weighted by molar-refractivity contribution is 5.92. The monoisotopic (exact) mass is 314 g/mol. The third-order valence-electron chi connectivity index (χ3n) is 3.83. The summed E-state index contributed by atoms with van der Waals surface area (Å²) in [5.74, 6) is -0.500. The fourth-order valence-electron chi connectivity index (χ4n) is 2.53. The largest absolute Gasteiger partial charge is 0.325 e. The molecule has 0 bridgehead atoms. The van der Waals surface area contributed by atoms with Crippen LogP contribution in [0, 0.1) is 26.6 Å². The van der Waals surface area contributed by atoms with E-state index in [-0.39, 0.29) is 18.3 Å². The van der Waals surface area contributed by atoms with Crippen molar-refractivity contribution >= 4 is 11.6 Å². The van der Waals surface area contributed by atoms with Gasteiger partial charge in [-0.05, 0) is 56.6 Å². The first-order chi connectivity index (χ1) is 10.8. The molecule has 0 atom stereocenters. The zero-order valence-electron chi connectivity index (χ0n) is 14.1. The minimum absolute atomic E-state index is 0.147. The molecule has 2 rings (SSSR count). The molecule has 122 valence electrons. The number of nitrogens with one attached hydrogen (secondary N) is 1. The lowest BCUT2D eigenvalue weighted by Gasteiger charge is -2.18. The number of amides is 1. The first-order valence-corrected chi connectivity index (χ1v) is 7.66. The molecule has 0 unspecified atom stereocenters. The van der Waals surface area contributed by atoms with E-state index in [9.17, 15) is 9.18 Å². The number of rotatable bonds is 5. The summed E-state index contributed by atoms with van der Waals surface area (Å²) in [6.07, 6.45) is 0. The summed E-state index contributed by atoms with van der Waals surface area (Å²) >= 11 is 0. The number of benzene rings is 2. The van der Waals surface area contributed by atoms with E-state index >= 15 is 0 Å². The van der Waals surface area contributed by atoms with E-state index in [1.807, 2.05) is 18.9 Å². The normalized spacial score (nSPS) is 10.9. The van der Waals surface area contributed by atoms with Crippen molar-refractivity contribution in [2.75, 3.05) is 18.9 Å². The number of carbonyl (C=O) groups excluding carboxylic acids is 1. The van der Waals surface area contributed by atoms with E-state index in [1.165, 1.54) is 28.8 Å². The fraction of sp³-hybridized carbons (Fsp3) is 0.316. The Morgan fingerprint density at radius 1 is 1.09 bits per heavy atom. The molecule has 0 aliphatic heterocycles. The molecule has 0 aliphatic carbocycles. The minimum Gasteiger partial charge on any atom is -0.325 e. The molecule has 0 spiro atoms. The van der Waals surface area contributed by atoms with Gasteiger partial charge in [-0.3, -0.25) is 9.69 Å². The molecule has 0 radical (unpaired) electrons. The van der Waals surface area contributed by atoms with Gasteiger partial charge in [0, 0.05) is 12.2 Å². The van der Waals surface area contributed by atoms with Crippen molar-refractivity contribution in [3.8, 4) is 0 Å². The van der Waals surface area contributed by atoms with Crippen LogP contribution in [-0.2, 0) is 11.3 Å². The van der Waals surface area contributed by atoms with Crippen molar-refractivity contribution in [1.82, 2.24) is 4.90 Å².